The van der Waals surface area contributed by atoms with E-state index in [1.807, 2.05) is 35.6 Å². The van der Waals surface area contributed by atoms with Gasteiger partial charge < -0.3 is 19.3 Å². The number of nitrogens with zero attached hydrogens (tertiary/aromatic N) is 4. The van der Waals surface area contributed by atoms with E-state index in [0.717, 1.165) is 73.7 Å². The third-order valence-corrected chi connectivity index (χ3v) is 8.57. The highest BCUT2D eigenvalue weighted by Crippen LogP contribution is 2.41. The zero-order valence-corrected chi connectivity index (χ0v) is 21.4. The topological polar surface area (TPSA) is 105 Å². The molecular weight excluding hydrogens is 460 g/mol. The van der Waals surface area contributed by atoms with Crippen molar-refractivity contribution in [1.29, 1.82) is 0 Å². The average molecular weight is 497 g/mol. The van der Waals surface area contributed by atoms with Crippen LogP contribution in [-0.2, 0) is 16.0 Å². The zero-order valence-electron chi connectivity index (χ0n) is 21.4. The Morgan fingerprint density at radius 2 is 1.83 bits per heavy atom. The molecule has 1 aromatic heterocycles. The van der Waals surface area contributed by atoms with Gasteiger partial charge in [0, 0.05) is 30.7 Å². The summed E-state index contributed by atoms with van der Waals surface area (Å²) in [6.45, 7) is 2.00. The van der Waals surface area contributed by atoms with Crippen LogP contribution in [0, 0.1) is 5.92 Å². The summed E-state index contributed by atoms with van der Waals surface area (Å²) >= 11 is 0. The average Bonchev–Trinajstić information content (AvgIpc) is 3.55. The summed E-state index contributed by atoms with van der Waals surface area (Å²) in [5, 5.41) is 9.72. The lowest BCUT2D eigenvalue weighted by Crippen LogP contribution is -2.42. The van der Waals surface area contributed by atoms with Crippen LogP contribution in [0.4, 0.5) is 10.5 Å². The smallest absolute Gasteiger partial charge is 0.414 e. The van der Waals surface area contributed by atoms with Gasteiger partial charge in [0.1, 0.15) is 0 Å². The molecule has 5 rings (SSSR count). The maximum atomic E-state index is 13.9. The third-order valence-electron chi connectivity index (χ3n) is 8.57. The number of benzene rings is 1. The van der Waals surface area contributed by atoms with E-state index in [-0.39, 0.29) is 24.0 Å². The number of carboxylic acid groups (broad SMARTS) is 1. The molecule has 1 aliphatic heterocycles. The number of hydrogen-bond donors (Lipinski definition) is 1. The molecule has 2 aromatic rings. The molecule has 3 aliphatic rings. The zero-order chi connectivity index (χ0) is 25.6. The van der Waals surface area contributed by atoms with Gasteiger partial charge in [0.25, 0.3) is 5.91 Å². The van der Waals surface area contributed by atoms with Gasteiger partial charge >= 0.3 is 12.1 Å². The molecule has 2 saturated carbocycles. The predicted octanol–water partition coefficient (Wildman–Crippen LogP) is 4.77. The van der Waals surface area contributed by atoms with Crippen LogP contribution < -0.4 is 4.90 Å². The Bertz CT molecular complexity index is 1180. The number of methoxy groups -OCH3 is 1. The van der Waals surface area contributed by atoms with E-state index in [1.54, 1.807) is 4.90 Å². The molecule has 0 spiro atoms. The number of hydrogen-bond acceptors (Lipinski definition) is 5. The summed E-state index contributed by atoms with van der Waals surface area (Å²) in [5.41, 5.74) is 3.28. The molecule has 2 aliphatic carbocycles. The minimum Gasteiger partial charge on any atom is -0.481 e. The molecule has 0 bridgehead atoms. The van der Waals surface area contributed by atoms with Gasteiger partial charge in [0.15, 0.2) is 0 Å². The number of amides is 2. The molecule has 2 heterocycles. The lowest BCUT2D eigenvalue weighted by molar-refractivity contribution is -0.143. The van der Waals surface area contributed by atoms with E-state index in [1.165, 1.54) is 7.11 Å². The number of carbonyl (C=O) groups is 3. The molecule has 36 heavy (non-hydrogen) atoms. The fourth-order valence-electron chi connectivity index (χ4n) is 6.53. The predicted molar refractivity (Wildman–Crippen MR) is 135 cm³/mol. The molecule has 2 fully saturated rings. The van der Waals surface area contributed by atoms with Crippen LogP contribution in [0.25, 0.3) is 11.0 Å². The van der Waals surface area contributed by atoms with Crippen LogP contribution in [0.2, 0.25) is 0 Å². The fraction of sp³-hybridized carbons (Fsp3) is 0.630. The number of ether oxygens (including phenoxy) is 1. The van der Waals surface area contributed by atoms with Crippen molar-refractivity contribution in [3.8, 4) is 0 Å². The van der Waals surface area contributed by atoms with E-state index in [0.29, 0.717) is 18.7 Å². The van der Waals surface area contributed by atoms with Crippen LogP contribution in [0.1, 0.15) is 86.9 Å². The Morgan fingerprint density at radius 1 is 1.08 bits per heavy atom. The van der Waals surface area contributed by atoms with Crippen molar-refractivity contribution >= 4 is 34.7 Å². The summed E-state index contributed by atoms with van der Waals surface area (Å²) in [7, 11) is 3.24. The number of fused-ring (bicyclic) bond motifs is 3. The highest BCUT2D eigenvalue weighted by Gasteiger charge is 2.36. The first-order chi connectivity index (χ1) is 17.3. The Labute approximate surface area is 211 Å². The Kier molecular flexibility index (Phi) is 6.66. The van der Waals surface area contributed by atoms with E-state index in [4.69, 9.17) is 9.72 Å². The maximum absolute atomic E-state index is 13.9. The van der Waals surface area contributed by atoms with Crippen molar-refractivity contribution in [1.82, 2.24) is 14.5 Å². The lowest BCUT2D eigenvalue weighted by Gasteiger charge is -2.34. The van der Waals surface area contributed by atoms with Crippen molar-refractivity contribution in [2.45, 2.75) is 89.3 Å². The number of carboxylic acids is 1. The van der Waals surface area contributed by atoms with E-state index in [9.17, 15) is 19.5 Å². The van der Waals surface area contributed by atoms with Gasteiger partial charge in [0.2, 0.25) is 5.82 Å². The van der Waals surface area contributed by atoms with Gasteiger partial charge in [-0.3, -0.25) is 14.5 Å². The first kappa shape index (κ1) is 24.6. The molecule has 0 saturated heterocycles. The van der Waals surface area contributed by atoms with Crippen molar-refractivity contribution < 1.29 is 24.2 Å². The number of imidazole rings is 1. The molecular formula is C27H36N4O5. The van der Waals surface area contributed by atoms with Crippen molar-refractivity contribution in [3.05, 3.63) is 23.5 Å². The van der Waals surface area contributed by atoms with E-state index < -0.39 is 18.0 Å². The molecule has 2 amide bonds. The molecule has 1 N–H and O–H groups in total. The largest absolute Gasteiger partial charge is 0.481 e. The number of rotatable bonds is 4. The number of anilines is 1. The summed E-state index contributed by atoms with van der Waals surface area (Å²) in [6, 6.07) is 3.95. The van der Waals surface area contributed by atoms with Crippen LogP contribution >= 0.6 is 0 Å². The standard InChI is InChI=1S/C27H36N4O5/c1-16-11-12-20-21(30(16)27(35)36-3)13-14-22-23(20)28-24(25(32)29(2)18-8-4-5-9-18)31(22)19-10-6-7-17(15-19)26(33)34/h13-14,16-19H,4-12,15H2,1-3H3,(H,33,34)/t16?,17-,19-/m1/s1. The van der Waals surface area contributed by atoms with Crippen LogP contribution in [-0.4, -0.2) is 63.8 Å². The summed E-state index contributed by atoms with van der Waals surface area (Å²) in [4.78, 5) is 46.8. The Hall–Kier alpha value is -3.10. The summed E-state index contributed by atoms with van der Waals surface area (Å²) in [6.07, 6.45) is 8.09. The van der Waals surface area contributed by atoms with Crippen LogP contribution in [0.15, 0.2) is 12.1 Å². The highest BCUT2D eigenvalue weighted by molar-refractivity contribution is 5.99. The van der Waals surface area contributed by atoms with Crippen molar-refractivity contribution in [2.24, 2.45) is 5.92 Å². The van der Waals surface area contributed by atoms with Crippen molar-refractivity contribution in [3.63, 3.8) is 0 Å². The van der Waals surface area contributed by atoms with Crippen LogP contribution in [0.5, 0.6) is 0 Å². The molecule has 9 nitrogen and oxygen atoms in total. The lowest BCUT2D eigenvalue weighted by atomic mass is 9.85. The summed E-state index contributed by atoms with van der Waals surface area (Å²) < 4.78 is 7.07. The minimum atomic E-state index is -0.778. The number of carbonyl (C=O) groups excluding carboxylic acids is 2. The molecule has 194 valence electrons. The summed E-state index contributed by atoms with van der Waals surface area (Å²) in [5.74, 6) is -0.935. The van der Waals surface area contributed by atoms with Gasteiger partial charge in [0.05, 0.1) is 29.7 Å². The van der Waals surface area contributed by atoms with Gasteiger partial charge in [-0.25, -0.2) is 9.78 Å². The van der Waals surface area contributed by atoms with Gasteiger partial charge in [-0.15, -0.1) is 0 Å². The van der Waals surface area contributed by atoms with Crippen LogP contribution in [0.3, 0.4) is 0 Å². The quantitative estimate of drug-likeness (QED) is 0.654. The van der Waals surface area contributed by atoms with Gasteiger partial charge in [-0.1, -0.05) is 19.3 Å². The first-order valence-corrected chi connectivity index (χ1v) is 13.2. The molecule has 9 heteroatoms. The van der Waals surface area contributed by atoms with E-state index in [2.05, 4.69) is 0 Å². The Balaban J connectivity index is 1.65. The maximum Gasteiger partial charge on any atom is 0.414 e. The number of aryl methyl sites for hydroxylation is 1. The normalized spacial score (nSPS) is 24.5. The molecule has 3 atom stereocenters. The molecule has 0 radical (unpaired) electrons. The SMILES string of the molecule is COC(=O)N1c2ccc3c(nc(C(=O)N(C)C4CCCC4)n3[C@@H]3CCC[C@@H](C(=O)O)C3)c2CCC1C. The Morgan fingerprint density at radius 3 is 2.53 bits per heavy atom. The van der Waals surface area contributed by atoms with Gasteiger partial charge in [-0.05, 0) is 64.0 Å². The second-order valence-electron chi connectivity index (χ2n) is 10.7. The monoisotopic (exact) mass is 496 g/mol. The highest BCUT2D eigenvalue weighted by atomic mass is 16.5. The number of aromatic nitrogens is 2. The number of aliphatic carboxylic acids is 1. The second kappa shape index (κ2) is 9.75. The minimum absolute atomic E-state index is 0.00578. The second-order valence-corrected chi connectivity index (χ2v) is 10.7. The fourth-order valence-corrected chi connectivity index (χ4v) is 6.53. The van der Waals surface area contributed by atoms with Gasteiger partial charge in [-0.2, -0.15) is 0 Å². The molecule has 1 unspecified atom stereocenters. The van der Waals surface area contributed by atoms with Crippen molar-refractivity contribution in [2.75, 3.05) is 19.1 Å². The third kappa shape index (κ3) is 4.12. The van der Waals surface area contributed by atoms with E-state index >= 15 is 0 Å². The molecule has 1 aromatic carbocycles. The first-order valence-electron chi connectivity index (χ1n) is 13.2.